The molecule has 0 aliphatic heterocycles. The normalized spacial score (nSPS) is 28.6. The molecule has 3 atom stereocenters. The van der Waals surface area contributed by atoms with Crippen LogP contribution in [0.2, 0.25) is 0 Å². The largest absolute Gasteiger partial charge is 0.352 e. The van der Waals surface area contributed by atoms with Crippen LogP contribution in [0.4, 0.5) is 0 Å². The molecule has 0 spiro atoms. The summed E-state index contributed by atoms with van der Waals surface area (Å²) >= 11 is 0. The molecule has 3 rings (SSSR count). The molecule has 0 unspecified atom stereocenters. The number of hydrogen-bond acceptors (Lipinski definition) is 1. The van der Waals surface area contributed by atoms with Crippen molar-refractivity contribution in [1.82, 2.24) is 5.32 Å². The van der Waals surface area contributed by atoms with Gasteiger partial charge in [-0.2, -0.15) is 0 Å². The van der Waals surface area contributed by atoms with E-state index in [0.717, 1.165) is 18.3 Å². The third-order valence-electron chi connectivity index (χ3n) is 5.07. The number of nitrogens with one attached hydrogen (secondary N) is 1. The van der Waals surface area contributed by atoms with Crippen LogP contribution in [0.15, 0.2) is 24.3 Å². The van der Waals surface area contributed by atoms with Crippen molar-refractivity contribution in [3.05, 3.63) is 35.4 Å². The van der Waals surface area contributed by atoms with Crippen LogP contribution in [0.25, 0.3) is 0 Å². The number of amides is 1. The lowest BCUT2D eigenvalue weighted by Crippen LogP contribution is -2.27. The highest BCUT2D eigenvalue weighted by molar-refractivity contribution is 5.76. The van der Waals surface area contributed by atoms with Crippen molar-refractivity contribution in [3.63, 3.8) is 0 Å². The fraction of sp³-hybridized carbons (Fsp3) is 0.588. The molecule has 1 amide bonds. The number of fused-ring (bicyclic) bond motifs is 2. The van der Waals surface area contributed by atoms with Crippen molar-refractivity contribution in [2.45, 2.75) is 45.6 Å². The van der Waals surface area contributed by atoms with Crippen LogP contribution in [-0.4, -0.2) is 5.91 Å². The molecule has 2 bridgehead atoms. The minimum atomic E-state index is 0.237. The van der Waals surface area contributed by atoms with Crippen molar-refractivity contribution in [2.24, 2.45) is 17.8 Å². The van der Waals surface area contributed by atoms with Gasteiger partial charge in [-0.1, -0.05) is 30.7 Å². The first-order chi connectivity index (χ1) is 9.22. The van der Waals surface area contributed by atoms with Gasteiger partial charge in [0.05, 0.1) is 0 Å². The third kappa shape index (κ3) is 2.83. The van der Waals surface area contributed by atoms with Gasteiger partial charge in [0.2, 0.25) is 5.91 Å². The molecule has 2 heteroatoms. The quantitative estimate of drug-likeness (QED) is 0.879. The summed E-state index contributed by atoms with van der Waals surface area (Å²) in [7, 11) is 0. The fourth-order valence-electron chi connectivity index (χ4n) is 3.94. The molecule has 2 aliphatic rings. The summed E-state index contributed by atoms with van der Waals surface area (Å²) < 4.78 is 0. The highest BCUT2D eigenvalue weighted by atomic mass is 16.1. The predicted molar refractivity (Wildman–Crippen MR) is 76.6 cm³/mol. The number of rotatable bonds is 4. The SMILES string of the molecule is Cc1ccccc1CNC(=O)C[C@@H]1C[C@@H]2CC[C@@H]1C2. The Bertz CT molecular complexity index is 468. The lowest BCUT2D eigenvalue weighted by Gasteiger charge is -2.21. The number of aryl methyl sites for hydroxylation is 1. The van der Waals surface area contributed by atoms with Gasteiger partial charge in [0.25, 0.3) is 0 Å². The molecule has 2 fully saturated rings. The number of benzene rings is 1. The van der Waals surface area contributed by atoms with Gasteiger partial charge in [-0.05, 0) is 55.1 Å². The van der Waals surface area contributed by atoms with Crippen LogP contribution < -0.4 is 5.32 Å². The van der Waals surface area contributed by atoms with Gasteiger partial charge in [0.15, 0.2) is 0 Å². The first-order valence-electron chi connectivity index (χ1n) is 7.53. The first kappa shape index (κ1) is 12.7. The van der Waals surface area contributed by atoms with Crippen molar-refractivity contribution >= 4 is 5.91 Å². The molecule has 1 N–H and O–H groups in total. The molecule has 2 saturated carbocycles. The fourth-order valence-corrected chi connectivity index (χ4v) is 3.94. The summed E-state index contributed by atoms with van der Waals surface area (Å²) in [5, 5.41) is 3.09. The summed E-state index contributed by atoms with van der Waals surface area (Å²) in [6.07, 6.45) is 6.19. The Balaban J connectivity index is 1.48. The molecule has 19 heavy (non-hydrogen) atoms. The van der Waals surface area contributed by atoms with Crippen molar-refractivity contribution in [1.29, 1.82) is 0 Å². The van der Waals surface area contributed by atoms with Crippen LogP contribution in [0, 0.1) is 24.7 Å². The maximum absolute atomic E-state index is 12.0. The number of carbonyl (C=O) groups excluding carboxylic acids is 1. The summed E-state index contributed by atoms with van der Waals surface area (Å²) in [5.41, 5.74) is 2.48. The molecule has 0 saturated heterocycles. The lowest BCUT2D eigenvalue weighted by molar-refractivity contribution is -0.122. The molecular weight excluding hydrogens is 234 g/mol. The smallest absolute Gasteiger partial charge is 0.220 e. The molecule has 2 aliphatic carbocycles. The summed E-state index contributed by atoms with van der Waals surface area (Å²) in [6, 6.07) is 8.25. The van der Waals surface area contributed by atoms with E-state index in [2.05, 4.69) is 24.4 Å². The van der Waals surface area contributed by atoms with E-state index in [1.54, 1.807) is 0 Å². The second kappa shape index (κ2) is 5.36. The summed E-state index contributed by atoms with van der Waals surface area (Å²) in [5.74, 6) is 2.67. The molecule has 102 valence electrons. The Morgan fingerprint density at radius 2 is 2.11 bits per heavy atom. The molecular formula is C17H23NO. The molecule has 0 heterocycles. The van der Waals surface area contributed by atoms with E-state index in [1.807, 2.05) is 12.1 Å². The van der Waals surface area contributed by atoms with Gasteiger partial charge in [-0.15, -0.1) is 0 Å². The summed E-state index contributed by atoms with van der Waals surface area (Å²) in [6.45, 7) is 2.77. The Morgan fingerprint density at radius 1 is 1.26 bits per heavy atom. The third-order valence-corrected chi connectivity index (χ3v) is 5.07. The van der Waals surface area contributed by atoms with Crippen LogP contribution in [0.1, 0.15) is 43.2 Å². The molecule has 0 aromatic heterocycles. The summed E-state index contributed by atoms with van der Waals surface area (Å²) in [4.78, 5) is 12.0. The van der Waals surface area contributed by atoms with Gasteiger partial charge in [-0.3, -0.25) is 4.79 Å². The van der Waals surface area contributed by atoms with E-state index in [-0.39, 0.29) is 5.91 Å². The monoisotopic (exact) mass is 257 g/mol. The van der Waals surface area contributed by atoms with Gasteiger partial charge < -0.3 is 5.32 Å². The van der Waals surface area contributed by atoms with E-state index in [9.17, 15) is 4.79 Å². The predicted octanol–water partition coefficient (Wildman–Crippen LogP) is 3.44. The average Bonchev–Trinajstić information content (AvgIpc) is 3.00. The number of hydrogen-bond donors (Lipinski definition) is 1. The zero-order chi connectivity index (χ0) is 13.2. The zero-order valence-electron chi connectivity index (χ0n) is 11.7. The van der Waals surface area contributed by atoms with Gasteiger partial charge in [0, 0.05) is 13.0 Å². The highest BCUT2D eigenvalue weighted by Gasteiger charge is 2.39. The maximum atomic E-state index is 12.0. The van der Waals surface area contributed by atoms with E-state index in [0.29, 0.717) is 12.5 Å². The van der Waals surface area contributed by atoms with Crippen molar-refractivity contribution < 1.29 is 4.79 Å². The van der Waals surface area contributed by atoms with Gasteiger partial charge in [0.1, 0.15) is 0 Å². The Kier molecular flexibility index (Phi) is 3.58. The zero-order valence-corrected chi connectivity index (χ0v) is 11.7. The standard InChI is InChI=1S/C17H23NO/c1-12-4-2-3-5-15(12)11-18-17(19)10-16-9-13-6-7-14(16)8-13/h2-5,13-14,16H,6-11H2,1H3,(H,18,19)/t13-,14-,16+/m1/s1. The van der Waals surface area contributed by atoms with Crippen LogP contribution in [0.3, 0.4) is 0 Å². The van der Waals surface area contributed by atoms with Gasteiger partial charge in [-0.25, -0.2) is 0 Å². The lowest BCUT2D eigenvalue weighted by atomic mass is 9.86. The minimum Gasteiger partial charge on any atom is -0.352 e. The Labute approximate surface area is 115 Å². The van der Waals surface area contributed by atoms with E-state index < -0.39 is 0 Å². The Hall–Kier alpha value is -1.31. The van der Waals surface area contributed by atoms with E-state index in [1.165, 1.54) is 36.8 Å². The van der Waals surface area contributed by atoms with Crippen LogP contribution in [0.5, 0.6) is 0 Å². The molecule has 2 nitrogen and oxygen atoms in total. The van der Waals surface area contributed by atoms with Crippen molar-refractivity contribution in [2.75, 3.05) is 0 Å². The van der Waals surface area contributed by atoms with Crippen LogP contribution >= 0.6 is 0 Å². The highest BCUT2D eigenvalue weighted by Crippen LogP contribution is 2.49. The number of carbonyl (C=O) groups is 1. The average molecular weight is 257 g/mol. The van der Waals surface area contributed by atoms with E-state index >= 15 is 0 Å². The second-order valence-electron chi connectivity index (χ2n) is 6.34. The van der Waals surface area contributed by atoms with Crippen molar-refractivity contribution in [3.8, 4) is 0 Å². The van der Waals surface area contributed by atoms with E-state index in [4.69, 9.17) is 0 Å². The Morgan fingerprint density at radius 3 is 2.79 bits per heavy atom. The topological polar surface area (TPSA) is 29.1 Å². The van der Waals surface area contributed by atoms with Crippen LogP contribution in [-0.2, 0) is 11.3 Å². The maximum Gasteiger partial charge on any atom is 0.220 e. The molecule has 1 aromatic rings. The minimum absolute atomic E-state index is 0.237. The molecule has 0 radical (unpaired) electrons. The van der Waals surface area contributed by atoms with Gasteiger partial charge >= 0.3 is 0 Å². The molecule has 1 aromatic carbocycles. The second-order valence-corrected chi connectivity index (χ2v) is 6.34. The first-order valence-corrected chi connectivity index (χ1v) is 7.53.